The maximum atomic E-state index is 14.2. The van der Waals surface area contributed by atoms with E-state index in [1.807, 2.05) is 18.2 Å². The number of benzene rings is 1. The summed E-state index contributed by atoms with van der Waals surface area (Å²) in [5, 5.41) is 0. The van der Waals surface area contributed by atoms with Crippen LogP contribution >= 0.6 is 0 Å². The predicted octanol–water partition coefficient (Wildman–Crippen LogP) is 2.37. The summed E-state index contributed by atoms with van der Waals surface area (Å²) in [6, 6.07) is 9.12. The van der Waals surface area contributed by atoms with Gasteiger partial charge in [-0.1, -0.05) is 6.07 Å². The Balaban J connectivity index is 1.69. The molecule has 4 heterocycles. The average Bonchev–Trinajstić information content (AvgIpc) is 3.05. The summed E-state index contributed by atoms with van der Waals surface area (Å²) in [7, 11) is 0. The molecule has 1 fully saturated rings. The van der Waals surface area contributed by atoms with Gasteiger partial charge in [0, 0.05) is 23.9 Å². The molecule has 0 bridgehead atoms. The van der Waals surface area contributed by atoms with Gasteiger partial charge in [0.25, 0.3) is 6.02 Å². The van der Waals surface area contributed by atoms with E-state index in [0.29, 0.717) is 23.5 Å². The van der Waals surface area contributed by atoms with Crippen LogP contribution in [0.5, 0.6) is 5.75 Å². The Morgan fingerprint density at radius 2 is 2.19 bits per heavy atom. The lowest BCUT2D eigenvalue weighted by Crippen LogP contribution is -2.55. The number of fused-ring (bicyclic) bond motifs is 4. The van der Waals surface area contributed by atoms with Gasteiger partial charge in [-0.05, 0) is 42.7 Å². The molecule has 1 aromatic heterocycles. The number of ether oxygens (including phenoxy) is 3. The summed E-state index contributed by atoms with van der Waals surface area (Å²) in [5.41, 5.74) is 7.02. The first kappa shape index (κ1) is 15.6. The van der Waals surface area contributed by atoms with Crippen LogP contribution < -0.4 is 10.5 Å². The molecule has 7 heteroatoms. The summed E-state index contributed by atoms with van der Waals surface area (Å²) < 4.78 is 31.9. The molecule has 3 aliphatic rings. The van der Waals surface area contributed by atoms with Crippen molar-refractivity contribution in [3.63, 3.8) is 0 Å². The summed E-state index contributed by atoms with van der Waals surface area (Å²) in [5.74, 6) is 0.197. The number of halogens is 1. The van der Waals surface area contributed by atoms with E-state index in [-0.39, 0.29) is 24.8 Å². The second kappa shape index (κ2) is 5.67. The van der Waals surface area contributed by atoms with Gasteiger partial charge < -0.3 is 19.9 Å². The highest BCUT2D eigenvalue weighted by molar-refractivity contribution is 5.75. The van der Waals surface area contributed by atoms with Crippen molar-refractivity contribution in [3.8, 4) is 16.9 Å². The summed E-state index contributed by atoms with van der Waals surface area (Å²) in [6.07, 6.45) is 2.87. The minimum atomic E-state index is -0.766. The van der Waals surface area contributed by atoms with Crippen molar-refractivity contribution >= 4 is 6.02 Å². The Labute approximate surface area is 149 Å². The lowest BCUT2D eigenvalue weighted by Gasteiger charge is -2.45. The molecule has 0 unspecified atom stereocenters. The fourth-order valence-corrected chi connectivity index (χ4v) is 4.10. The van der Waals surface area contributed by atoms with E-state index in [4.69, 9.17) is 19.9 Å². The van der Waals surface area contributed by atoms with Gasteiger partial charge >= 0.3 is 0 Å². The molecule has 26 heavy (non-hydrogen) atoms. The Morgan fingerprint density at radius 1 is 1.27 bits per heavy atom. The summed E-state index contributed by atoms with van der Waals surface area (Å²) in [6.45, 7) is 0.934. The third-order valence-corrected chi connectivity index (χ3v) is 5.28. The van der Waals surface area contributed by atoms with Gasteiger partial charge in [-0.2, -0.15) is 4.39 Å². The normalized spacial score (nSPS) is 29.3. The molecule has 5 rings (SSSR count). The van der Waals surface area contributed by atoms with Crippen LogP contribution in [0.25, 0.3) is 11.1 Å². The number of pyridine rings is 1. The number of rotatable bonds is 1. The van der Waals surface area contributed by atoms with Crippen molar-refractivity contribution in [1.82, 2.24) is 4.98 Å². The van der Waals surface area contributed by atoms with Gasteiger partial charge in [0.15, 0.2) is 5.54 Å². The van der Waals surface area contributed by atoms with Gasteiger partial charge in [-0.15, -0.1) is 0 Å². The standard InChI is InChI=1S/C19H18FN3O3/c20-17-12(3-1-7-22-17)11-5-6-14-13(9-11)19(10-25-18(21)23-19)16-15(26-14)4-2-8-24-16/h1,3,5-7,9,15-16H,2,4,8,10H2,(H2,21,23)/t15-,16-,19+/m1/s1. The van der Waals surface area contributed by atoms with Crippen LogP contribution in [0.2, 0.25) is 0 Å². The maximum absolute atomic E-state index is 14.2. The number of nitrogens with two attached hydrogens (primary N) is 1. The van der Waals surface area contributed by atoms with Crippen LogP contribution in [0, 0.1) is 5.95 Å². The molecule has 1 saturated heterocycles. The lowest BCUT2D eigenvalue weighted by molar-refractivity contribution is -0.117. The van der Waals surface area contributed by atoms with Crippen LogP contribution in [0.15, 0.2) is 41.5 Å². The molecule has 6 nitrogen and oxygen atoms in total. The van der Waals surface area contributed by atoms with Crippen LogP contribution in [0.3, 0.4) is 0 Å². The zero-order valence-corrected chi connectivity index (χ0v) is 14.0. The molecule has 0 saturated carbocycles. The zero-order chi connectivity index (χ0) is 17.7. The van der Waals surface area contributed by atoms with Crippen LogP contribution in [0.1, 0.15) is 18.4 Å². The minimum Gasteiger partial charge on any atom is -0.487 e. The fraction of sp³-hybridized carbons (Fsp3) is 0.368. The molecule has 1 spiro atoms. The maximum Gasteiger partial charge on any atom is 0.283 e. The molecule has 0 radical (unpaired) electrons. The van der Waals surface area contributed by atoms with Crippen molar-refractivity contribution in [2.75, 3.05) is 13.2 Å². The largest absolute Gasteiger partial charge is 0.487 e. The van der Waals surface area contributed by atoms with Crippen molar-refractivity contribution in [1.29, 1.82) is 0 Å². The van der Waals surface area contributed by atoms with Crippen LogP contribution in [0.4, 0.5) is 4.39 Å². The third-order valence-electron chi connectivity index (χ3n) is 5.28. The van der Waals surface area contributed by atoms with E-state index < -0.39 is 11.5 Å². The predicted molar refractivity (Wildman–Crippen MR) is 92.3 cm³/mol. The van der Waals surface area contributed by atoms with E-state index in [1.165, 1.54) is 6.20 Å². The zero-order valence-electron chi connectivity index (χ0n) is 14.0. The van der Waals surface area contributed by atoms with E-state index in [1.54, 1.807) is 12.1 Å². The molecule has 0 amide bonds. The minimum absolute atomic E-state index is 0.101. The number of hydrogen-bond acceptors (Lipinski definition) is 6. The van der Waals surface area contributed by atoms with E-state index >= 15 is 0 Å². The highest BCUT2D eigenvalue weighted by Gasteiger charge is 2.55. The smallest absolute Gasteiger partial charge is 0.283 e. The Bertz CT molecular complexity index is 903. The quantitative estimate of drug-likeness (QED) is 0.795. The molecular formula is C19H18FN3O3. The number of hydrogen-bond donors (Lipinski definition) is 1. The first-order valence-corrected chi connectivity index (χ1v) is 8.69. The SMILES string of the molecule is NC1=N[C@@]2(CO1)c1cc(-c3cccnc3F)ccc1O[C@@H]1CCCO[C@H]12. The number of aliphatic imine (C=N–C) groups is 1. The van der Waals surface area contributed by atoms with Gasteiger partial charge in [0.2, 0.25) is 5.95 Å². The van der Waals surface area contributed by atoms with Crippen molar-refractivity contribution in [2.45, 2.75) is 30.6 Å². The fourth-order valence-electron chi connectivity index (χ4n) is 4.10. The van der Waals surface area contributed by atoms with Crippen LogP contribution in [-0.2, 0) is 15.0 Å². The third kappa shape index (κ3) is 2.20. The highest BCUT2D eigenvalue weighted by Crippen LogP contribution is 2.49. The summed E-state index contributed by atoms with van der Waals surface area (Å²) >= 11 is 0. The number of nitrogens with zero attached hydrogens (tertiary/aromatic N) is 2. The Kier molecular flexibility index (Phi) is 3.40. The molecule has 3 atom stereocenters. The average molecular weight is 355 g/mol. The van der Waals surface area contributed by atoms with Crippen molar-refractivity contribution in [2.24, 2.45) is 10.7 Å². The molecule has 2 N–H and O–H groups in total. The Morgan fingerprint density at radius 3 is 3.00 bits per heavy atom. The first-order valence-electron chi connectivity index (χ1n) is 8.69. The summed E-state index contributed by atoms with van der Waals surface area (Å²) in [4.78, 5) is 8.36. The van der Waals surface area contributed by atoms with Crippen LogP contribution in [-0.4, -0.2) is 36.4 Å². The van der Waals surface area contributed by atoms with Gasteiger partial charge in [0.05, 0.1) is 0 Å². The van der Waals surface area contributed by atoms with E-state index in [9.17, 15) is 4.39 Å². The topological polar surface area (TPSA) is 79.0 Å². The Hall–Kier alpha value is -2.67. The monoisotopic (exact) mass is 355 g/mol. The molecule has 0 aliphatic carbocycles. The van der Waals surface area contributed by atoms with Crippen molar-refractivity contribution < 1.29 is 18.6 Å². The van der Waals surface area contributed by atoms with Crippen molar-refractivity contribution in [3.05, 3.63) is 48.0 Å². The second-order valence-corrected chi connectivity index (χ2v) is 6.81. The molecule has 134 valence electrons. The molecular weight excluding hydrogens is 337 g/mol. The first-order chi connectivity index (χ1) is 12.7. The molecule has 2 aromatic rings. The van der Waals surface area contributed by atoms with Gasteiger partial charge in [-0.25, -0.2) is 9.98 Å². The second-order valence-electron chi connectivity index (χ2n) is 6.81. The van der Waals surface area contributed by atoms with Gasteiger partial charge in [-0.3, -0.25) is 0 Å². The highest BCUT2D eigenvalue weighted by atomic mass is 19.1. The molecule has 1 aromatic carbocycles. The number of aromatic nitrogens is 1. The van der Waals surface area contributed by atoms with E-state index in [0.717, 1.165) is 18.4 Å². The number of amidine groups is 1. The lowest BCUT2D eigenvalue weighted by atomic mass is 9.77. The molecule has 3 aliphatic heterocycles. The van der Waals surface area contributed by atoms with E-state index in [2.05, 4.69) is 9.98 Å². The van der Waals surface area contributed by atoms with Gasteiger partial charge in [0.1, 0.15) is 24.6 Å².